The molecule has 1 aliphatic heterocycles. The van der Waals surface area contributed by atoms with Gasteiger partial charge in [-0.1, -0.05) is 12.1 Å². The molecule has 1 aromatic carbocycles. The standard InChI is InChI=1S/C12H13NO3/c1-16-12(15)9-4-2-8(3-5-9)10-6-11(14)13-7-10/h2-5,10H,6-7H2,1H3,(H,13,14). The Labute approximate surface area is 93.6 Å². The normalized spacial score (nSPS) is 19.3. The Hall–Kier alpha value is -1.84. The molecule has 16 heavy (non-hydrogen) atoms. The van der Waals surface area contributed by atoms with Crippen LogP contribution >= 0.6 is 0 Å². The number of amides is 1. The van der Waals surface area contributed by atoms with Gasteiger partial charge in [-0.2, -0.15) is 0 Å². The molecular formula is C12H13NO3. The number of benzene rings is 1. The zero-order chi connectivity index (χ0) is 11.5. The van der Waals surface area contributed by atoms with Crippen LogP contribution < -0.4 is 5.32 Å². The van der Waals surface area contributed by atoms with Gasteiger partial charge in [-0.3, -0.25) is 4.79 Å². The van der Waals surface area contributed by atoms with Crippen LogP contribution in [0.3, 0.4) is 0 Å². The molecule has 0 radical (unpaired) electrons. The van der Waals surface area contributed by atoms with Crippen molar-refractivity contribution in [3.8, 4) is 0 Å². The van der Waals surface area contributed by atoms with Gasteiger partial charge in [-0.05, 0) is 17.7 Å². The Balaban J connectivity index is 2.13. The van der Waals surface area contributed by atoms with Crippen LogP contribution in [0.2, 0.25) is 0 Å². The van der Waals surface area contributed by atoms with Crippen molar-refractivity contribution in [2.75, 3.05) is 13.7 Å². The van der Waals surface area contributed by atoms with E-state index in [0.717, 1.165) is 5.56 Å². The third-order valence-electron chi connectivity index (χ3n) is 2.78. The molecule has 1 amide bonds. The predicted molar refractivity (Wildman–Crippen MR) is 58.1 cm³/mol. The molecule has 1 N–H and O–H groups in total. The summed E-state index contributed by atoms with van der Waals surface area (Å²) in [5, 5.41) is 2.79. The summed E-state index contributed by atoms with van der Waals surface area (Å²) in [6, 6.07) is 7.20. The molecule has 0 aliphatic carbocycles. The Morgan fingerprint density at radius 2 is 2.06 bits per heavy atom. The molecule has 2 rings (SSSR count). The van der Waals surface area contributed by atoms with Crippen LogP contribution in [0.1, 0.15) is 28.3 Å². The van der Waals surface area contributed by atoms with Crippen LogP contribution in [0.4, 0.5) is 0 Å². The Morgan fingerprint density at radius 3 is 2.56 bits per heavy atom. The molecule has 1 fully saturated rings. The quantitative estimate of drug-likeness (QED) is 0.757. The van der Waals surface area contributed by atoms with Crippen LogP contribution in [0, 0.1) is 0 Å². The van der Waals surface area contributed by atoms with Gasteiger partial charge in [-0.15, -0.1) is 0 Å². The molecule has 0 bridgehead atoms. The fraction of sp³-hybridized carbons (Fsp3) is 0.333. The second kappa shape index (κ2) is 4.35. The molecular weight excluding hydrogens is 206 g/mol. The smallest absolute Gasteiger partial charge is 0.337 e. The molecule has 1 atom stereocenters. The highest BCUT2D eigenvalue weighted by molar-refractivity contribution is 5.89. The molecule has 1 aliphatic rings. The first-order valence-corrected chi connectivity index (χ1v) is 5.15. The summed E-state index contributed by atoms with van der Waals surface area (Å²) < 4.78 is 4.61. The highest BCUT2D eigenvalue weighted by Crippen LogP contribution is 2.23. The molecule has 0 saturated carbocycles. The maximum atomic E-state index is 11.2. The van der Waals surface area contributed by atoms with E-state index < -0.39 is 0 Å². The molecule has 1 unspecified atom stereocenters. The number of carbonyl (C=O) groups excluding carboxylic acids is 2. The molecule has 0 spiro atoms. The summed E-state index contributed by atoms with van der Waals surface area (Å²) in [7, 11) is 1.36. The monoisotopic (exact) mass is 219 g/mol. The predicted octanol–water partition coefficient (Wildman–Crippen LogP) is 1.08. The number of rotatable bonds is 2. The maximum absolute atomic E-state index is 11.2. The van der Waals surface area contributed by atoms with Crippen LogP contribution in [0.25, 0.3) is 0 Å². The minimum absolute atomic E-state index is 0.0852. The van der Waals surface area contributed by atoms with E-state index in [0.29, 0.717) is 18.5 Å². The summed E-state index contributed by atoms with van der Waals surface area (Å²) in [4.78, 5) is 22.3. The first-order valence-electron chi connectivity index (χ1n) is 5.15. The Morgan fingerprint density at radius 1 is 1.38 bits per heavy atom. The first-order chi connectivity index (χ1) is 7.70. The van der Waals surface area contributed by atoms with E-state index in [2.05, 4.69) is 10.1 Å². The van der Waals surface area contributed by atoms with Gasteiger partial charge < -0.3 is 10.1 Å². The SMILES string of the molecule is COC(=O)c1ccc(C2CNC(=O)C2)cc1. The van der Waals surface area contributed by atoms with Gasteiger partial charge in [0, 0.05) is 18.9 Å². The van der Waals surface area contributed by atoms with E-state index in [1.807, 2.05) is 12.1 Å². The molecule has 1 saturated heterocycles. The van der Waals surface area contributed by atoms with Crippen molar-refractivity contribution in [2.24, 2.45) is 0 Å². The van der Waals surface area contributed by atoms with Gasteiger partial charge >= 0.3 is 5.97 Å². The summed E-state index contributed by atoms with van der Waals surface area (Å²) >= 11 is 0. The molecule has 1 heterocycles. The Bertz CT molecular complexity index is 411. The van der Waals surface area contributed by atoms with E-state index >= 15 is 0 Å². The van der Waals surface area contributed by atoms with Crippen molar-refractivity contribution < 1.29 is 14.3 Å². The van der Waals surface area contributed by atoms with Gasteiger partial charge in [0.15, 0.2) is 0 Å². The first kappa shape index (κ1) is 10.7. The number of ether oxygens (including phenoxy) is 1. The van der Waals surface area contributed by atoms with Gasteiger partial charge in [0.1, 0.15) is 0 Å². The van der Waals surface area contributed by atoms with Gasteiger partial charge in [-0.25, -0.2) is 4.79 Å². The van der Waals surface area contributed by atoms with E-state index in [9.17, 15) is 9.59 Å². The van der Waals surface area contributed by atoms with Crippen molar-refractivity contribution in [3.63, 3.8) is 0 Å². The van der Waals surface area contributed by atoms with Crippen LogP contribution in [-0.4, -0.2) is 25.5 Å². The highest BCUT2D eigenvalue weighted by Gasteiger charge is 2.22. The number of esters is 1. The lowest BCUT2D eigenvalue weighted by Crippen LogP contribution is -2.13. The lowest BCUT2D eigenvalue weighted by Gasteiger charge is -2.07. The summed E-state index contributed by atoms with van der Waals surface area (Å²) in [6.07, 6.45) is 0.525. The Kier molecular flexibility index (Phi) is 2.90. The second-order valence-electron chi connectivity index (χ2n) is 3.82. The van der Waals surface area contributed by atoms with E-state index in [1.165, 1.54) is 7.11 Å². The van der Waals surface area contributed by atoms with Crippen molar-refractivity contribution >= 4 is 11.9 Å². The fourth-order valence-corrected chi connectivity index (χ4v) is 1.85. The van der Waals surface area contributed by atoms with Gasteiger partial charge in [0.05, 0.1) is 12.7 Å². The summed E-state index contributed by atoms with van der Waals surface area (Å²) in [5.74, 6) is -0.0339. The van der Waals surface area contributed by atoms with E-state index in [1.54, 1.807) is 12.1 Å². The van der Waals surface area contributed by atoms with Crippen LogP contribution in [-0.2, 0) is 9.53 Å². The zero-order valence-corrected chi connectivity index (χ0v) is 9.03. The molecule has 4 nitrogen and oxygen atoms in total. The van der Waals surface area contributed by atoms with Crippen LogP contribution in [0.15, 0.2) is 24.3 Å². The average molecular weight is 219 g/mol. The second-order valence-corrected chi connectivity index (χ2v) is 3.82. The van der Waals surface area contributed by atoms with Crippen molar-refractivity contribution in [1.29, 1.82) is 0 Å². The van der Waals surface area contributed by atoms with Gasteiger partial charge in [0.25, 0.3) is 0 Å². The number of nitrogens with one attached hydrogen (secondary N) is 1. The highest BCUT2D eigenvalue weighted by atomic mass is 16.5. The number of methoxy groups -OCH3 is 1. The third kappa shape index (κ3) is 2.05. The lowest BCUT2D eigenvalue weighted by atomic mass is 9.97. The van der Waals surface area contributed by atoms with Crippen molar-refractivity contribution in [3.05, 3.63) is 35.4 Å². The average Bonchev–Trinajstić information content (AvgIpc) is 2.75. The maximum Gasteiger partial charge on any atom is 0.337 e. The molecule has 0 aromatic heterocycles. The molecule has 84 valence electrons. The van der Waals surface area contributed by atoms with Gasteiger partial charge in [0.2, 0.25) is 5.91 Å². The lowest BCUT2D eigenvalue weighted by molar-refractivity contribution is -0.119. The minimum Gasteiger partial charge on any atom is -0.465 e. The van der Waals surface area contributed by atoms with Crippen molar-refractivity contribution in [2.45, 2.75) is 12.3 Å². The number of hydrogen-bond acceptors (Lipinski definition) is 3. The minimum atomic E-state index is -0.341. The van der Waals surface area contributed by atoms with E-state index in [4.69, 9.17) is 0 Å². The largest absolute Gasteiger partial charge is 0.465 e. The molecule has 4 heteroatoms. The number of hydrogen-bond donors (Lipinski definition) is 1. The van der Waals surface area contributed by atoms with E-state index in [-0.39, 0.29) is 17.8 Å². The summed E-state index contributed by atoms with van der Waals surface area (Å²) in [6.45, 7) is 0.677. The number of carbonyl (C=O) groups is 2. The summed E-state index contributed by atoms with van der Waals surface area (Å²) in [5.41, 5.74) is 1.61. The van der Waals surface area contributed by atoms with Crippen LogP contribution in [0.5, 0.6) is 0 Å². The fourth-order valence-electron chi connectivity index (χ4n) is 1.85. The topological polar surface area (TPSA) is 55.4 Å². The zero-order valence-electron chi connectivity index (χ0n) is 9.03. The van der Waals surface area contributed by atoms with Crippen molar-refractivity contribution in [1.82, 2.24) is 5.32 Å². The third-order valence-corrected chi connectivity index (χ3v) is 2.78. The molecule has 1 aromatic rings.